The number of nitrogens with zero attached hydrogens (tertiary/aromatic N) is 1. The normalized spacial score (nSPS) is 9.70. The van der Waals surface area contributed by atoms with E-state index in [0.717, 1.165) is 11.5 Å². The van der Waals surface area contributed by atoms with E-state index in [1.54, 1.807) is 0 Å². The summed E-state index contributed by atoms with van der Waals surface area (Å²) in [5.41, 5.74) is -0.207. The summed E-state index contributed by atoms with van der Waals surface area (Å²) in [7, 11) is 0. The monoisotopic (exact) mass is 196 g/mol. The topological polar surface area (TPSA) is 58.9 Å². The number of nitro groups is 1. The number of hydrogen-bond acceptors (Lipinski definition) is 4. The van der Waals surface area contributed by atoms with Gasteiger partial charge in [-0.25, -0.2) is 0 Å². The summed E-state index contributed by atoms with van der Waals surface area (Å²) in [5, 5.41) is 10.1. The van der Waals surface area contributed by atoms with Gasteiger partial charge < -0.3 is 0 Å². The van der Waals surface area contributed by atoms with Gasteiger partial charge in [-0.1, -0.05) is 23.8 Å². The average molecular weight is 197 g/mol. The van der Waals surface area contributed by atoms with Crippen LogP contribution in [0.3, 0.4) is 0 Å². The van der Waals surface area contributed by atoms with Gasteiger partial charge in [-0.2, -0.15) is 0 Å². The van der Waals surface area contributed by atoms with Crippen LogP contribution in [-0.2, 0) is 0 Å². The molecule has 0 atom stereocenters. The minimum absolute atomic E-state index is 0.0833. The van der Waals surface area contributed by atoms with Crippen molar-refractivity contribution in [1.82, 2.24) is 4.37 Å². The first-order valence-corrected chi connectivity index (χ1v) is 3.74. The molecule has 0 radical (unpaired) electrons. The molecule has 1 aromatic heterocycles. The third-order valence-corrected chi connectivity index (χ3v) is 2.33. The van der Waals surface area contributed by atoms with E-state index in [9.17, 15) is 10.1 Å². The van der Waals surface area contributed by atoms with Gasteiger partial charge >= 0.3 is 5.69 Å². The van der Waals surface area contributed by atoms with Crippen LogP contribution in [-0.4, -0.2) is 9.30 Å². The molecule has 0 aliphatic heterocycles. The second-order valence-electron chi connectivity index (χ2n) is 1.41. The van der Waals surface area contributed by atoms with Crippen LogP contribution in [0.4, 0.5) is 5.69 Å². The van der Waals surface area contributed by atoms with Crippen LogP contribution >= 0.6 is 35.4 Å². The van der Waals surface area contributed by atoms with E-state index in [2.05, 4.69) is 16.6 Å². The molecule has 0 spiro atoms. The Morgan fingerprint density at radius 1 is 1.80 bits per heavy atom. The Bertz CT molecular complexity index is 317. The molecule has 0 saturated carbocycles. The fraction of sp³-hybridized carbons (Fsp3) is 0. The fourth-order valence-electron chi connectivity index (χ4n) is 0.432. The molecule has 0 aliphatic carbocycles. The van der Waals surface area contributed by atoms with Gasteiger partial charge in [0, 0.05) is 0 Å². The van der Waals surface area contributed by atoms with Gasteiger partial charge in [0.2, 0.25) is 0 Å². The van der Waals surface area contributed by atoms with E-state index in [1.807, 2.05) is 0 Å². The van der Waals surface area contributed by atoms with E-state index >= 15 is 0 Å². The van der Waals surface area contributed by atoms with Crippen molar-refractivity contribution in [2.24, 2.45) is 0 Å². The number of nitrogens with one attached hydrogen (secondary N) is 1. The van der Waals surface area contributed by atoms with E-state index < -0.39 is 4.92 Å². The zero-order valence-corrected chi connectivity index (χ0v) is 6.85. The first-order valence-electron chi connectivity index (χ1n) is 2.14. The maximum Gasteiger partial charge on any atom is 0.334 e. The lowest BCUT2D eigenvalue weighted by Crippen LogP contribution is -1.85. The third kappa shape index (κ3) is 1.18. The van der Waals surface area contributed by atoms with Crippen molar-refractivity contribution in [2.75, 3.05) is 0 Å². The highest BCUT2D eigenvalue weighted by Gasteiger charge is 2.16. The number of aromatic nitrogens is 1. The van der Waals surface area contributed by atoms with E-state index in [1.165, 1.54) is 0 Å². The Hall–Kier alpha value is -0.460. The van der Waals surface area contributed by atoms with Crippen LogP contribution in [0.5, 0.6) is 0 Å². The molecule has 54 valence electrons. The van der Waals surface area contributed by atoms with Crippen molar-refractivity contribution < 1.29 is 4.92 Å². The van der Waals surface area contributed by atoms with Gasteiger partial charge in [0.15, 0.2) is 8.98 Å². The Labute approximate surface area is 69.7 Å². The van der Waals surface area contributed by atoms with Gasteiger partial charge in [-0.15, -0.1) is 0 Å². The SMILES string of the molecule is O=[N+]([O-])c1c(Cl)s[nH]c1=S. The average Bonchev–Trinajstić information content (AvgIpc) is 2.11. The molecule has 1 aromatic rings. The van der Waals surface area contributed by atoms with Crippen LogP contribution in [0.1, 0.15) is 0 Å². The maximum atomic E-state index is 10.1. The smallest absolute Gasteiger partial charge is 0.295 e. The summed E-state index contributed by atoms with van der Waals surface area (Å²) >= 11 is 11.0. The highest BCUT2D eigenvalue weighted by atomic mass is 35.5. The molecule has 0 amide bonds. The number of halogens is 1. The molecule has 0 saturated heterocycles. The fourth-order valence-corrected chi connectivity index (χ4v) is 1.69. The van der Waals surface area contributed by atoms with Crippen LogP contribution in [0.2, 0.25) is 4.34 Å². The van der Waals surface area contributed by atoms with E-state index in [4.69, 9.17) is 11.6 Å². The summed E-state index contributed by atoms with van der Waals surface area (Å²) in [6.45, 7) is 0. The van der Waals surface area contributed by atoms with Crippen LogP contribution < -0.4 is 0 Å². The zero-order valence-electron chi connectivity index (χ0n) is 4.46. The molecule has 0 unspecified atom stereocenters. The Morgan fingerprint density at radius 2 is 2.40 bits per heavy atom. The van der Waals surface area contributed by atoms with Crippen molar-refractivity contribution >= 4 is 41.0 Å². The highest BCUT2D eigenvalue weighted by molar-refractivity contribution is 7.71. The first kappa shape index (κ1) is 7.64. The Balaban J connectivity index is 3.37. The van der Waals surface area contributed by atoms with Crippen LogP contribution in [0.15, 0.2) is 0 Å². The van der Waals surface area contributed by atoms with Gasteiger partial charge in [0.25, 0.3) is 0 Å². The highest BCUT2D eigenvalue weighted by Crippen LogP contribution is 2.28. The largest absolute Gasteiger partial charge is 0.334 e. The van der Waals surface area contributed by atoms with Crippen LogP contribution in [0.25, 0.3) is 0 Å². The molecule has 1 rings (SSSR count). The zero-order chi connectivity index (χ0) is 7.72. The standard InChI is InChI=1S/C3HClN2O2S2/c4-2-1(6(7)8)3(9)5-10-2/h(H,5,9). The Kier molecular flexibility index (Phi) is 2.02. The quantitative estimate of drug-likeness (QED) is 0.426. The van der Waals surface area contributed by atoms with Crippen molar-refractivity contribution in [3.63, 3.8) is 0 Å². The minimum atomic E-state index is -0.600. The number of H-pyrrole nitrogens is 1. The summed E-state index contributed by atoms with van der Waals surface area (Å²) in [6, 6.07) is 0. The molecule has 0 aromatic carbocycles. The van der Waals surface area contributed by atoms with Crippen LogP contribution in [0, 0.1) is 14.8 Å². The maximum absolute atomic E-state index is 10.1. The lowest BCUT2D eigenvalue weighted by molar-refractivity contribution is -0.385. The van der Waals surface area contributed by atoms with Crippen molar-refractivity contribution in [2.45, 2.75) is 0 Å². The van der Waals surface area contributed by atoms with Crippen molar-refractivity contribution in [3.05, 3.63) is 19.1 Å². The number of aromatic amines is 1. The molecule has 7 heteroatoms. The lowest BCUT2D eigenvalue weighted by Gasteiger charge is -1.81. The number of rotatable bonds is 1. The van der Waals surface area contributed by atoms with Crippen molar-refractivity contribution in [1.29, 1.82) is 0 Å². The van der Waals surface area contributed by atoms with E-state index in [-0.39, 0.29) is 14.7 Å². The molecule has 0 fully saturated rings. The molecule has 1 heterocycles. The van der Waals surface area contributed by atoms with Gasteiger partial charge in [-0.05, 0) is 11.5 Å². The summed E-state index contributed by atoms with van der Waals surface area (Å²) in [5.74, 6) is 0. The molecule has 4 nitrogen and oxygen atoms in total. The second kappa shape index (κ2) is 2.65. The van der Waals surface area contributed by atoms with Crippen molar-refractivity contribution in [3.8, 4) is 0 Å². The molecular weight excluding hydrogens is 196 g/mol. The second-order valence-corrected chi connectivity index (χ2v) is 3.24. The summed E-state index contributed by atoms with van der Waals surface area (Å²) in [6.07, 6.45) is 0. The summed E-state index contributed by atoms with van der Waals surface area (Å²) in [4.78, 5) is 9.55. The van der Waals surface area contributed by atoms with Gasteiger partial charge in [0.05, 0.1) is 4.92 Å². The van der Waals surface area contributed by atoms with Gasteiger partial charge in [0.1, 0.15) is 0 Å². The Morgan fingerprint density at radius 3 is 2.60 bits per heavy atom. The third-order valence-electron chi connectivity index (χ3n) is 0.817. The van der Waals surface area contributed by atoms with E-state index in [0.29, 0.717) is 0 Å². The predicted octanol–water partition coefficient (Wildman–Crippen LogP) is 2.37. The first-order chi connectivity index (χ1) is 4.63. The predicted molar refractivity (Wildman–Crippen MR) is 41.2 cm³/mol. The molecule has 0 bridgehead atoms. The minimum Gasteiger partial charge on any atom is -0.295 e. The van der Waals surface area contributed by atoms with Gasteiger partial charge in [-0.3, -0.25) is 14.5 Å². The number of hydrogen-bond donors (Lipinski definition) is 1. The lowest BCUT2D eigenvalue weighted by atomic mass is 10.6. The molecule has 1 N–H and O–H groups in total. The molecular formula is C3HClN2O2S2. The molecule has 0 aliphatic rings. The molecule has 10 heavy (non-hydrogen) atoms. The summed E-state index contributed by atoms with van der Waals surface area (Å²) < 4.78 is 2.68.